The Morgan fingerprint density at radius 2 is 1.80 bits per heavy atom. The highest BCUT2D eigenvalue weighted by molar-refractivity contribution is 7.89. The second kappa shape index (κ2) is 8.33. The molecule has 0 amide bonds. The lowest BCUT2D eigenvalue weighted by atomic mass is 9.90. The lowest BCUT2D eigenvalue weighted by molar-refractivity contribution is 0.357. The average molecular weight is 360 g/mol. The molecule has 2 aliphatic carbocycles. The van der Waals surface area contributed by atoms with Gasteiger partial charge in [0.25, 0.3) is 0 Å². The van der Waals surface area contributed by atoms with Crippen LogP contribution in [-0.4, -0.2) is 20.7 Å². The second-order valence-corrected chi connectivity index (χ2v) is 9.33. The Morgan fingerprint density at radius 1 is 1.08 bits per heavy atom. The van der Waals surface area contributed by atoms with E-state index in [0.29, 0.717) is 12.5 Å². The molecule has 3 rings (SSSR count). The number of hydrogen-bond acceptors (Lipinski definition) is 2. The Morgan fingerprint density at radius 3 is 2.56 bits per heavy atom. The quantitative estimate of drug-likeness (QED) is 0.849. The van der Waals surface area contributed by atoms with Crippen LogP contribution in [0.1, 0.15) is 45.4 Å². The standard InChI is InChI=1S/C21H29NO2S/c1-17(16-25(23,24)22-15-18-7-3-2-4-8-18)19-11-13-20-9-5-6-10-21(20)14-12-19/h5-6,9-11,13-14,17-18,22H,2-4,7-8,12,15-16H2,1H3. The van der Waals surface area contributed by atoms with Gasteiger partial charge in [0.15, 0.2) is 0 Å². The fraction of sp³-hybridized carbons (Fsp3) is 0.524. The van der Waals surface area contributed by atoms with Crippen LogP contribution < -0.4 is 15.2 Å². The van der Waals surface area contributed by atoms with Crippen LogP contribution in [0, 0.1) is 11.8 Å². The summed E-state index contributed by atoms with van der Waals surface area (Å²) in [5, 5.41) is 2.42. The van der Waals surface area contributed by atoms with E-state index in [1.165, 1.54) is 35.3 Å². The Kier molecular flexibility index (Phi) is 6.13. The molecule has 0 bridgehead atoms. The number of hydrogen-bond donors (Lipinski definition) is 1. The van der Waals surface area contributed by atoms with E-state index in [2.05, 4.69) is 35.1 Å². The molecule has 1 fully saturated rings. The number of rotatable bonds is 6. The van der Waals surface area contributed by atoms with Crippen molar-refractivity contribution in [3.63, 3.8) is 0 Å². The minimum atomic E-state index is -3.23. The number of allylic oxidation sites excluding steroid dienone is 2. The summed E-state index contributed by atoms with van der Waals surface area (Å²) in [6.07, 6.45) is 13.3. The molecule has 0 heterocycles. The SMILES string of the molecule is CC(CS(=O)(=O)NCC1CCCCC1)C1=CC=c2ccccc2=CC1. The van der Waals surface area contributed by atoms with Gasteiger partial charge in [0.1, 0.15) is 0 Å². The third-order valence-electron chi connectivity index (χ3n) is 5.45. The van der Waals surface area contributed by atoms with Crippen LogP contribution in [-0.2, 0) is 10.0 Å². The molecule has 3 nitrogen and oxygen atoms in total. The van der Waals surface area contributed by atoms with Crippen LogP contribution in [0.25, 0.3) is 12.2 Å². The van der Waals surface area contributed by atoms with E-state index < -0.39 is 10.0 Å². The molecule has 1 saturated carbocycles. The first kappa shape index (κ1) is 18.4. The number of nitrogens with one attached hydrogen (secondary N) is 1. The summed E-state index contributed by atoms with van der Waals surface area (Å²) in [7, 11) is -3.23. The van der Waals surface area contributed by atoms with Crippen molar-refractivity contribution in [2.45, 2.75) is 45.4 Å². The molecule has 25 heavy (non-hydrogen) atoms. The summed E-state index contributed by atoms with van der Waals surface area (Å²) in [6.45, 7) is 2.63. The van der Waals surface area contributed by atoms with E-state index >= 15 is 0 Å². The molecule has 1 aromatic carbocycles. The number of sulfonamides is 1. The van der Waals surface area contributed by atoms with Crippen LogP contribution in [0.2, 0.25) is 0 Å². The number of fused-ring (bicyclic) bond motifs is 1. The predicted molar refractivity (Wildman–Crippen MR) is 105 cm³/mol. The van der Waals surface area contributed by atoms with E-state index in [-0.39, 0.29) is 11.7 Å². The van der Waals surface area contributed by atoms with Gasteiger partial charge in [-0.2, -0.15) is 0 Å². The van der Waals surface area contributed by atoms with Crippen LogP contribution in [0.3, 0.4) is 0 Å². The van der Waals surface area contributed by atoms with Gasteiger partial charge in [-0.3, -0.25) is 0 Å². The van der Waals surface area contributed by atoms with Crippen molar-refractivity contribution in [3.8, 4) is 0 Å². The molecular formula is C21H29NO2S. The summed E-state index contributed by atoms with van der Waals surface area (Å²) in [5.74, 6) is 0.710. The van der Waals surface area contributed by atoms with Crippen LogP contribution in [0.4, 0.5) is 0 Å². The minimum absolute atomic E-state index is 0.0191. The third-order valence-corrected chi connectivity index (χ3v) is 7.00. The van der Waals surface area contributed by atoms with Crippen molar-refractivity contribution in [1.82, 2.24) is 4.72 Å². The highest BCUT2D eigenvalue weighted by Gasteiger charge is 2.21. The summed E-state index contributed by atoms with van der Waals surface area (Å²) < 4.78 is 27.8. The fourth-order valence-corrected chi connectivity index (χ4v) is 5.32. The van der Waals surface area contributed by atoms with Gasteiger partial charge in [0.05, 0.1) is 5.75 Å². The highest BCUT2D eigenvalue weighted by Crippen LogP contribution is 2.23. The van der Waals surface area contributed by atoms with Gasteiger partial charge in [-0.15, -0.1) is 0 Å². The third kappa shape index (κ3) is 5.29. The second-order valence-electron chi connectivity index (χ2n) is 7.48. The van der Waals surface area contributed by atoms with Gasteiger partial charge in [0, 0.05) is 6.54 Å². The monoisotopic (exact) mass is 359 g/mol. The fourth-order valence-electron chi connectivity index (χ4n) is 3.84. The molecule has 1 unspecified atom stereocenters. The van der Waals surface area contributed by atoms with E-state index in [1.54, 1.807) is 0 Å². The van der Waals surface area contributed by atoms with Crippen molar-refractivity contribution < 1.29 is 8.42 Å². The molecule has 0 saturated heterocycles. The smallest absolute Gasteiger partial charge is 0.212 e. The zero-order chi connectivity index (χ0) is 17.7. The lowest BCUT2D eigenvalue weighted by Crippen LogP contribution is -2.34. The van der Waals surface area contributed by atoms with Gasteiger partial charge in [-0.25, -0.2) is 13.1 Å². The maximum absolute atomic E-state index is 12.5. The molecule has 1 N–H and O–H groups in total. The first-order chi connectivity index (χ1) is 12.0. The van der Waals surface area contributed by atoms with Gasteiger partial charge in [0.2, 0.25) is 10.0 Å². The molecule has 0 aromatic heterocycles. The van der Waals surface area contributed by atoms with Crippen LogP contribution in [0.15, 0.2) is 35.9 Å². The lowest BCUT2D eigenvalue weighted by Gasteiger charge is -2.22. The van der Waals surface area contributed by atoms with Crippen LogP contribution in [0.5, 0.6) is 0 Å². The van der Waals surface area contributed by atoms with E-state index in [1.807, 2.05) is 19.1 Å². The highest BCUT2D eigenvalue weighted by atomic mass is 32.2. The normalized spacial score (nSPS) is 19.8. The summed E-state index contributed by atoms with van der Waals surface area (Å²) in [6, 6.07) is 8.27. The van der Waals surface area contributed by atoms with Gasteiger partial charge < -0.3 is 0 Å². The molecule has 1 atom stereocenters. The maximum atomic E-state index is 12.5. The average Bonchev–Trinajstić information content (AvgIpc) is 2.83. The Hall–Kier alpha value is -1.39. The predicted octanol–water partition coefficient (Wildman–Crippen LogP) is 2.71. The van der Waals surface area contributed by atoms with Crippen molar-refractivity contribution in [3.05, 3.63) is 46.4 Å². The zero-order valence-corrected chi connectivity index (χ0v) is 15.9. The molecule has 1 aromatic rings. The maximum Gasteiger partial charge on any atom is 0.212 e. The molecule has 4 heteroatoms. The summed E-state index contributed by atoms with van der Waals surface area (Å²) in [4.78, 5) is 0. The Bertz CT molecular complexity index is 833. The Balaban J connectivity index is 1.60. The molecule has 0 aliphatic heterocycles. The van der Waals surface area contributed by atoms with E-state index in [4.69, 9.17) is 0 Å². The molecule has 0 radical (unpaired) electrons. The first-order valence-electron chi connectivity index (χ1n) is 9.47. The summed E-state index contributed by atoms with van der Waals surface area (Å²) >= 11 is 0. The van der Waals surface area contributed by atoms with Gasteiger partial charge in [-0.1, -0.05) is 74.3 Å². The first-order valence-corrected chi connectivity index (χ1v) is 11.1. The molecule has 0 spiro atoms. The van der Waals surface area contributed by atoms with E-state index in [0.717, 1.165) is 19.3 Å². The van der Waals surface area contributed by atoms with Crippen molar-refractivity contribution in [2.24, 2.45) is 11.8 Å². The largest absolute Gasteiger partial charge is 0.215 e. The van der Waals surface area contributed by atoms with E-state index in [9.17, 15) is 8.42 Å². The molecular weight excluding hydrogens is 330 g/mol. The Labute approximate surface area is 151 Å². The zero-order valence-electron chi connectivity index (χ0n) is 15.1. The van der Waals surface area contributed by atoms with Crippen LogP contribution >= 0.6 is 0 Å². The molecule has 136 valence electrons. The van der Waals surface area contributed by atoms with Gasteiger partial charge >= 0.3 is 0 Å². The van der Waals surface area contributed by atoms with Crippen molar-refractivity contribution in [1.29, 1.82) is 0 Å². The topological polar surface area (TPSA) is 46.2 Å². The van der Waals surface area contributed by atoms with Crippen molar-refractivity contribution in [2.75, 3.05) is 12.3 Å². The molecule has 2 aliphatic rings. The van der Waals surface area contributed by atoms with Crippen molar-refractivity contribution >= 4 is 22.2 Å². The summed E-state index contributed by atoms with van der Waals surface area (Å²) in [5.41, 5.74) is 1.18. The minimum Gasteiger partial charge on any atom is -0.215 e. The van der Waals surface area contributed by atoms with Gasteiger partial charge in [-0.05, 0) is 41.5 Å². The number of benzene rings is 1.